The lowest BCUT2D eigenvalue weighted by Crippen LogP contribution is -2.29. The van der Waals surface area contributed by atoms with Crippen LogP contribution in [-0.2, 0) is 0 Å². The Morgan fingerprint density at radius 1 is 1.26 bits per heavy atom. The monoisotopic (exact) mass is 365 g/mol. The number of H-pyrrole nitrogens is 1. The van der Waals surface area contributed by atoms with Crippen LogP contribution < -0.4 is 16.4 Å². The van der Waals surface area contributed by atoms with Crippen LogP contribution in [0.2, 0.25) is 0 Å². The number of carbonyl (C=O) groups is 1. The Kier molecular flexibility index (Phi) is 4.81. The molecule has 0 aliphatic carbocycles. The Balaban J connectivity index is 1.49. The van der Waals surface area contributed by atoms with E-state index in [1.165, 1.54) is 5.56 Å². The lowest BCUT2D eigenvalue weighted by molar-refractivity contribution is 0.0939. The van der Waals surface area contributed by atoms with Gasteiger partial charge in [-0.1, -0.05) is 18.2 Å². The van der Waals surface area contributed by atoms with E-state index in [0.717, 1.165) is 31.5 Å². The van der Waals surface area contributed by atoms with Crippen LogP contribution in [0.3, 0.4) is 0 Å². The van der Waals surface area contributed by atoms with Crippen molar-refractivity contribution in [3.05, 3.63) is 69.7 Å². The number of aromatic nitrogens is 1. The molecule has 6 nitrogen and oxygen atoms in total. The number of hydrogen-bond donors (Lipinski definition) is 3. The second kappa shape index (κ2) is 7.40. The average Bonchev–Trinajstić information content (AvgIpc) is 3.08. The minimum atomic E-state index is -0.479. The Morgan fingerprint density at radius 3 is 2.96 bits per heavy atom. The van der Waals surface area contributed by atoms with Gasteiger partial charge in [0.2, 0.25) is 0 Å². The zero-order valence-electron chi connectivity index (χ0n) is 15.2. The summed E-state index contributed by atoms with van der Waals surface area (Å²) in [6.07, 6.45) is 2.31. The number of hydrogen-bond acceptors (Lipinski definition) is 4. The molecule has 1 saturated heterocycles. The number of amides is 1. The second-order valence-electron chi connectivity index (χ2n) is 7.13. The molecule has 4 rings (SSSR count). The molecular formula is C21H23N3O3. The van der Waals surface area contributed by atoms with E-state index in [2.05, 4.69) is 21.7 Å². The molecule has 27 heavy (non-hydrogen) atoms. The van der Waals surface area contributed by atoms with Crippen molar-refractivity contribution in [3.63, 3.8) is 0 Å². The predicted octanol–water partition coefficient (Wildman–Crippen LogP) is 3.08. The van der Waals surface area contributed by atoms with Gasteiger partial charge in [0.1, 0.15) is 0 Å². The van der Waals surface area contributed by atoms with Gasteiger partial charge in [-0.2, -0.15) is 0 Å². The molecule has 1 aromatic heterocycles. The van der Waals surface area contributed by atoms with Crippen molar-refractivity contribution in [2.45, 2.75) is 31.7 Å². The SMILES string of the molecule is CC(NC(=O)c1cccc(C2CCCNC2)c1)c1ccc2[nH]c(=O)oc2c1. The molecule has 2 aromatic carbocycles. The van der Waals surface area contributed by atoms with E-state index in [9.17, 15) is 9.59 Å². The summed E-state index contributed by atoms with van der Waals surface area (Å²) in [6.45, 7) is 3.95. The molecular weight excluding hydrogens is 342 g/mol. The van der Waals surface area contributed by atoms with Crippen molar-refractivity contribution in [2.24, 2.45) is 0 Å². The van der Waals surface area contributed by atoms with Crippen molar-refractivity contribution in [2.75, 3.05) is 13.1 Å². The second-order valence-corrected chi connectivity index (χ2v) is 7.13. The highest BCUT2D eigenvalue weighted by molar-refractivity contribution is 5.94. The number of rotatable bonds is 4. The quantitative estimate of drug-likeness (QED) is 0.663. The number of piperidine rings is 1. The Hall–Kier alpha value is -2.86. The molecule has 2 heterocycles. The first-order chi connectivity index (χ1) is 13.1. The first kappa shape index (κ1) is 17.5. The van der Waals surface area contributed by atoms with Gasteiger partial charge < -0.3 is 15.1 Å². The topological polar surface area (TPSA) is 87.1 Å². The molecule has 3 aromatic rings. The fourth-order valence-electron chi connectivity index (χ4n) is 3.66. The summed E-state index contributed by atoms with van der Waals surface area (Å²) in [4.78, 5) is 26.6. The van der Waals surface area contributed by atoms with Crippen molar-refractivity contribution >= 4 is 17.0 Å². The van der Waals surface area contributed by atoms with E-state index in [1.54, 1.807) is 12.1 Å². The van der Waals surface area contributed by atoms with Crippen LogP contribution in [0.25, 0.3) is 11.1 Å². The number of carbonyl (C=O) groups excluding carboxylic acids is 1. The first-order valence-electron chi connectivity index (χ1n) is 9.34. The third-order valence-electron chi connectivity index (χ3n) is 5.21. The van der Waals surface area contributed by atoms with Crippen LogP contribution in [0.5, 0.6) is 0 Å². The average molecular weight is 365 g/mol. The third-order valence-corrected chi connectivity index (χ3v) is 5.21. The highest BCUT2D eigenvalue weighted by Gasteiger charge is 2.18. The molecule has 1 amide bonds. The minimum Gasteiger partial charge on any atom is -0.408 e. The van der Waals surface area contributed by atoms with Gasteiger partial charge in [-0.05, 0) is 67.6 Å². The maximum Gasteiger partial charge on any atom is 0.417 e. The van der Waals surface area contributed by atoms with Gasteiger partial charge in [0.25, 0.3) is 5.91 Å². The smallest absolute Gasteiger partial charge is 0.408 e. The summed E-state index contributed by atoms with van der Waals surface area (Å²) in [7, 11) is 0. The van der Waals surface area contributed by atoms with Crippen LogP contribution in [0.4, 0.5) is 0 Å². The molecule has 1 fully saturated rings. The lowest BCUT2D eigenvalue weighted by Gasteiger charge is -2.23. The zero-order chi connectivity index (χ0) is 18.8. The lowest BCUT2D eigenvalue weighted by atomic mass is 9.90. The summed E-state index contributed by atoms with van der Waals surface area (Å²) in [6, 6.07) is 13.1. The molecule has 2 atom stereocenters. The fourth-order valence-corrected chi connectivity index (χ4v) is 3.66. The summed E-state index contributed by atoms with van der Waals surface area (Å²) in [5.74, 6) is -0.126. The minimum absolute atomic E-state index is 0.108. The highest BCUT2D eigenvalue weighted by Crippen LogP contribution is 2.24. The summed E-state index contributed by atoms with van der Waals surface area (Å²) < 4.78 is 5.10. The van der Waals surface area contributed by atoms with E-state index < -0.39 is 5.76 Å². The van der Waals surface area contributed by atoms with Crippen LogP contribution in [0, 0.1) is 0 Å². The number of aromatic amines is 1. The molecule has 3 N–H and O–H groups in total. The van der Waals surface area contributed by atoms with Crippen LogP contribution in [-0.4, -0.2) is 24.0 Å². The third kappa shape index (κ3) is 3.80. The maximum atomic E-state index is 12.7. The first-order valence-corrected chi connectivity index (χ1v) is 9.34. The van der Waals surface area contributed by atoms with Gasteiger partial charge in [-0.25, -0.2) is 4.79 Å². The predicted molar refractivity (Wildman–Crippen MR) is 104 cm³/mol. The van der Waals surface area contributed by atoms with Crippen molar-refractivity contribution in [1.29, 1.82) is 0 Å². The molecule has 6 heteroatoms. The van der Waals surface area contributed by atoms with Crippen LogP contribution in [0.15, 0.2) is 51.7 Å². The van der Waals surface area contributed by atoms with E-state index >= 15 is 0 Å². The standard InChI is InChI=1S/C21H23N3O3/c1-13(14-7-8-18-19(11-14)27-21(26)24-18)23-20(25)16-5-2-4-15(10-16)17-6-3-9-22-12-17/h2,4-5,7-8,10-11,13,17,22H,3,6,9,12H2,1H3,(H,23,25)(H,24,26). The Labute approximate surface area is 157 Å². The summed E-state index contributed by atoms with van der Waals surface area (Å²) in [5, 5.41) is 6.45. The number of benzene rings is 2. The normalized spacial score (nSPS) is 18.3. The maximum absolute atomic E-state index is 12.7. The van der Waals surface area contributed by atoms with Gasteiger partial charge in [-0.3, -0.25) is 9.78 Å². The van der Waals surface area contributed by atoms with Crippen molar-refractivity contribution in [1.82, 2.24) is 15.6 Å². The van der Waals surface area contributed by atoms with E-state index in [1.807, 2.05) is 31.2 Å². The highest BCUT2D eigenvalue weighted by atomic mass is 16.4. The molecule has 0 spiro atoms. The van der Waals surface area contributed by atoms with Gasteiger partial charge >= 0.3 is 5.76 Å². The van der Waals surface area contributed by atoms with Gasteiger partial charge in [0, 0.05) is 12.1 Å². The Morgan fingerprint density at radius 2 is 2.15 bits per heavy atom. The molecule has 0 bridgehead atoms. The zero-order valence-corrected chi connectivity index (χ0v) is 15.2. The number of fused-ring (bicyclic) bond motifs is 1. The van der Waals surface area contributed by atoms with Crippen LogP contribution in [0.1, 0.15) is 53.2 Å². The largest absolute Gasteiger partial charge is 0.417 e. The molecule has 1 aliphatic heterocycles. The summed E-state index contributed by atoms with van der Waals surface area (Å²) >= 11 is 0. The molecule has 140 valence electrons. The Bertz CT molecular complexity index is 1010. The number of nitrogens with one attached hydrogen (secondary N) is 3. The van der Waals surface area contributed by atoms with E-state index in [0.29, 0.717) is 22.6 Å². The summed E-state index contributed by atoms with van der Waals surface area (Å²) in [5.41, 5.74) is 3.89. The van der Waals surface area contributed by atoms with Gasteiger partial charge in [0.15, 0.2) is 5.58 Å². The van der Waals surface area contributed by atoms with Crippen LogP contribution >= 0.6 is 0 Å². The van der Waals surface area contributed by atoms with Crippen molar-refractivity contribution in [3.8, 4) is 0 Å². The van der Waals surface area contributed by atoms with E-state index in [-0.39, 0.29) is 11.9 Å². The molecule has 1 aliphatic rings. The molecule has 0 saturated carbocycles. The molecule has 0 radical (unpaired) electrons. The molecule has 2 unspecified atom stereocenters. The number of oxazole rings is 1. The van der Waals surface area contributed by atoms with E-state index in [4.69, 9.17) is 4.42 Å². The van der Waals surface area contributed by atoms with Crippen molar-refractivity contribution < 1.29 is 9.21 Å². The van der Waals surface area contributed by atoms with Gasteiger partial charge in [-0.15, -0.1) is 0 Å². The fraction of sp³-hybridized carbons (Fsp3) is 0.333. The van der Waals surface area contributed by atoms with Gasteiger partial charge in [0.05, 0.1) is 11.6 Å².